The summed E-state index contributed by atoms with van der Waals surface area (Å²) in [6, 6.07) is 0.682. The number of hydrogen-bond acceptors (Lipinski definition) is 2. The van der Waals surface area contributed by atoms with Crippen molar-refractivity contribution in [1.82, 2.24) is 5.32 Å². The maximum Gasteiger partial charge on any atom is 0.0641 e. The lowest BCUT2D eigenvalue weighted by Crippen LogP contribution is -2.45. The highest BCUT2D eigenvalue weighted by Gasteiger charge is 2.28. The van der Waals surface area contributed by atoms with Crippen molar-refractivity contribution in [3.05, 3.63) is 0 Å². The number of hydrogen-bond donors (Lipinski definition) is 1. The molecule has 2 heteroatoms. The zero-order chi connectivity index (χ0) is 12.1. The van der Waals surface area contributed by atoms with Crippen molar-refractivity contribution < 1.29 is 4.74 Å². The molecule has 2 nitrogen and oxygen atoms in total. The third-order valence-electron chi connectivity index (χ3n) is 4.37. The maximum atomic E-state index is 5.77. The first-order valence-electron chi connectivity index (χ1n) is 7.53. The highest BCUT2D eigenvalue weighted by molar-refractivity contribution is 4.83. The van der Waals surface area contributed by atoms with Crippen molar-refractivity contribution in [1.29, 1.82) is 0 Å². The van der Waals surface area contributed by atoms with Crippen LogP contribution in [0.2, 0.25) is 0 Å². The van der Waals surface area contributed by atoms with E-state index in [0.29, 0.717) is 6.04 Å². The molecule has 0 bridgehead atoms. The summed E-state index contributed by atoms with van der Waals surface area (Å²) in [6.45, 7) is 6.59. The molecule has 2 aliphatic rings. The van der Waals surface area contributed by atoms with Crippen LogP contribution in [0, 0.1) is 5.92 Å². The summed E-state index contributed by atoms with van der Waals surface area (Å²) >= 11 is 0. The predicted octanol–water partition coefficient (Wildman–Crippen LogP) is 3.50. The van der Waals surface area contributed by atoms with Gasteiger partial charge in [0.15, 0.2) is 0 Å². The highest BCUT2D eigenvalue weighted by Crippen LogP contribution is 2.25. The number of rotatable bonds is 3. The van der Waals surface area contributed by atoms with E-state index in [9.17, 15) is 0 Å². The van der Waals surface area contributed by atoms with E-state index in [2.05, 4.69) is 19.2 Å². The Morgan fingerprint density at radius 2 is 1.76 bits per heavy atom. The van der Waals surface area contributed by atoms with Gasteiger partial charge >= 0.3 is 0 Å². The summed E-state index contributed by atoms with van der Waals surface area (Å²) in [7, 11) is 0. The first kappa shape index (κ1) is 13.4. The van der Waals surface area contributed by atoms with Crippen molar-refractivity contribution >= 4 is 0 Å². The maximum absolute atomic E-state index is 5.77. The van der Waals surface area contributed by atoms with Gasteiger partial charge in [0.2, 0.25) is 0 Å². The molecule has 1 aliphatic heterocycles. The quantitative estimate of drug-likeness (QED) is 0.761. The minimum Gasteiger partial charge on any atom is -0.375 e. The second-order valence-corrected chi connectivity index (χ2v) is 6.56. The van der Waals surface area contributed by atoms with Crippen molar-refractivity contribution in [3.63, 3.8) is 0 Å². The Bertz CT molecular complexity index is 219. The van der Waals surface area contributed by atoms with Crippen LogP contribution in [0.3, 0.4) is 0 Å². The standard InChI is InChI=1S/C15H29NO/c1-15(2)11-14(9-10-17-15)16-12-13-7-5-3-4-6-8-13/h13-14,16H,3-12H2,1-2H3. The van der Waals surface area contributed by atoms with Crippen molar-refractivity contribution in [2.45, 2.75) is 76.9 Å². The molecule has 0 amide bonds. The van der Waals surface area contributed by atoms with E-state index in [1.807, 2.05) is 0 Å². The molecule has 17 heavy (non-hydrogen) atoms. The van der Waals surface area contributed by atoms with Crippen LogP contribution in [-0.4, -0.2) is 24.8 Å². The third kappa shape index (κ3) is 4.59. The molecule has 2 fully saturated rings. The Labute approximate surface area is 107 Å². The van der Waals surface area contributed by atoms with Gasteiger partial charge in [-0.25, -0.2) is 0 Å². The van der Waals surface area contributed by atoms with Gasteiger partial charge in [-0.3, -0.25) is 0 Å². The van der Waals surface area contributed by atoms with Gasteiger partial charge in [-0.1, -0.05) is 25.7 Å². The zero-order valence-electron chi connectivity index (χ0n) is 11.6. The van der Waals surface area contributed by atoms with Gasteiger partial charge in [-0.2, -0.15) is 0 Å². The summed E-state index contributed by atoms with van der Waals surface area (Å²) < 4.78 is 5.77. The van der Waals surface area contributed by atoms with Crippen molar-refractivity contribution in [2.24, 2.45) is 5.92 Å². The fourth-order valence-electron chi connectivity index (χ4n) is 3.31. The monoisotopic (exact) mass is 239 g/mol. The molecule has 100 valence electrons. The Kier molecular flexibility index (Phi) is 4.87. The van der Waals surface area contributed by atoms with Crippen LogP contribution in [0.5, 0.6) is 0 Å². The average Bonchev–Trinajstić information content (AvgIpc) is 2.53. The molecule has 1 heterocycles. The lowest BCUT2D eigenvalue weighted by Gasteiger charge is -2.36. The molecule has 1 aliphatic carbocycles. The molecular weight excluding hydrogens is 210 g/mol. The van der Waals surface area contributed by atoms with Crippen LogP contribution >= 0.6 is 0 Å². The van der Waals surface area contributed by atoms with Gasteiger partial charge < -0.3 is 10.1 Å². The highest BCUT2D eigenvalue weighted by atomic mass is 16.5. The molecule has 1 atom stereocenters. The van der Waals surface area contributed by atoms with Gasteiger partial charge in [-0.05, 0) is 52.0 Å². The molecule has 2 rings (SSSR count). The van der Waals surface area contributed by atoms with Crippen LogP contribution in [0.4, 0.5) is 0 Å². The zero-order valence-corrected chi connectivity index (χ0v) is 11.6. The first-order chi connectivity index (χ1) is 8.16. The summed E-state index contributed by atoms with van der Waals surface area (Å²) in [4.78, 5) is 0. The van der Waals surface area contributed by atoms with Crippen molar-refractivity contribution in [3.8, 4) is 0 Å². The van der Waals surface area contributed by atoms with Gasteiger partial charge in [0, 0.05) is 12.6 Å². The summed E-state index contributed by atoms with van der Waals surface area (Å²) in [5.74, 6) is 0.934. The summed E-state index contributed by atoms with van der Waals surface area (Å²) in [5.41, 5.74) is 0.0827. The molecule has 0 radical (unpaired) electrons. The second kappa shape index (κ2) is 6.19. The molecule has 1 saturated carbocycles. The molecule has 1 saturated heterocycles. The smallest absolute Gasteiger partial charge is 0.0641 e. The Hall–Kier alpha value is -0.0800. The lowest BCUT2D eigenvalue weighted by atomic mass is 9.93. The van der Waals surface area contributed by atoms with Crippen molar-refractivity contribution in [2.75, 3.05) is 13.2 Å². The van der Waals surface area contributed by atoms with Gasteiger partial charge in [0.25, 0.3) is 0 Å². The number of nitrogens with one attached hydrogen (secondary N) is 1. The van der Waals surface area contributed by atoms with Crippen LogP contribution in [0.15, 0.2) is 0 Å². The topological polar surface area (TPSA) is 21.3 Å². The van der Waals surface area contributed by atoms with E-state index in [0.717, 1.165) is 12.5 Å². The molecule has 1 unspecified atom stereocenters. The molecule has 0 aromatic carbocycles. The Balaban J connectivity index is 1.70. The molecule has 1 N–H and O–H groups in total. The van der Waals surface area contributed by atoms with Crippen LogP contribution in [-0.2, 0) is 4.74 Å². The van der Waals surface area contributed by atoms with Gasteiger partial charge in [-0.15, -0.1) is 0 Å². The van der Waals surface area contributed by atoms with Gasteiger partial charge in [0.1, 0.15) is 0 Å². The fourth-order valence-corrected chi connectivity index (χ4v) is 3.31. The lowest BCUT2D eigenvalue weighted by molar-refractivity contribution is -0.0632. The summed E-state index contributed by atoms with van der Waals surface area (Å²) in [5, 5.41) is 3.79. The van der Waals surface area contributed by atoms with Gasteiger partial charge in [0.05, 0.1) is 5.60 Å². The SMILES string of the molecule is CC1(C)CC(NCC2CCCCCC2)CCO1. The van der Waals surface area contributed by atoms with Crippen LogP contribution < -0.4 is 5.32 Å². The predicted molar refractivity (Wildman–Crippen MR) is 72.2 cm³/mol. The van der Waals surface area contributed by atoms with E-state index < -0.39 is 0 Å². The largest absolute Gasteiger partial charge is 0.375 e. The van der Waals surface area contributed by atoms with E-state index in [4.69, 9.17) is 4.74 Å². The Morgan fingerprint density at radius 3 is 2.41 bits per heavy atom. The average molecular weight is 239 g/mol. The van der Waals surface area contributed by atoms with E-state index in [-0.39, 0.29) is 5.60 Å². The molecule has 0 spiro atoms. The molecule has 0 aromatic heterocycles. The van der Waals surface area contributed by atoms with E-state index >= 15 is 0 Å². The normalized spacial score (nSPS) is 31.1. The minimum atomic E-state index is 0.0827. The number of ether oxygens (including phenoxy) is 1. The van der Waals surface area contributed by atoms with Crippen LogP contribution in [0.1, 0.15) is 65.2 Å². The van der Waals surface area contributed by atoms with E-state index in [1.165, 1.54) is 57.9 Å². The molecular formula is C15H29NO. The van der Waals surface area contributed by atoms with E-state index in [1.54, 1.807) is 0 Å². The van der Waals surface area contributed by atoms with Crippen LogP contribution in [0.25, 0.3) is 0 Å². The fraction of sp³-hybridized carbons (Fsp3) is 1.00. The summed E-state index contributed by atoms with van der Waals surface area (Å²) in [6.07, 6.45) is 11.1. The minimum absolute atomic E-state index is 0.0827. The Morgan fingerprint density at radius 1 is 1.06 bits per heavy atom. The second-order valence-electron chi connectivity index (χ2n) is 6.56. The third-order valence-corrected chi connectivity index (χ3v) is 4.37. The first-order valence-corrected chi connectivity index (χ1v) is 7.53. The molecule has 0 aromatic rings.